The van der Waals surface area contributed by atoms with E-state index < -0.39 is 18.1 Å². The van der Waals surface area contributed by atoms with Crippen molar-refractivity contribution in [2.75, 3.05) is 12.8 Å². The second kappa shape index (κ2) is 6.67. The van der Waals surface area contributed by atoms with Gasteiger partial charge in [-0.25, -0.2) is 9.59 Å². The third-order valence-corrected chi connectivity index (χ3v) is 5.31. The van der Waals surface area contributed by atoms with E-state index in [-0.39, 0.29) is 25.0 Å². The molecule has 1 aliphatic heterocycles. The molecule has 2 fully saturated rings. The number of carbonyl (C=O) groups is 2. The highest BCUT2D eigenvalue weighted by Crippen LogP contribution is 2.28. The van der Waals surface area contributed by atoms with Gasteiger partial charge in [0.05, 0.1) is 6.10 Å². The van der Waals surface area contributed by atoms with Crippen molar-refractivity contribution in [3.63, 3.8) is 0 Å². The van der Waals surface area contributed by atoms with Crippen LogP contribution >= 0.6 is 11.8 Å². The first kappa shape index (κ1) is 15.4. The second-order valence-electron chi connectivity index (χ2n) is 5.51. The number of likely N-dealkylation sites (tertiary alicyclic amines) is 1. The first-order chi connectivity index (χ1) is 9.52. The third kappa shape index (κ3) is 3.38. The fourth-order valence-electron chi connectivity index (χ4n) is 3.06. The van der Waals surface area contributed by atoms with Crippen molar-refractivity contribution in [3.8, 4) is 0 Å². The van der Waals surface area contributed by atoms with Gasteiger partial charge in [0.2, 0.25) is 0 Å². The van der Waals surface area contributed by atoms with Gasteiger partial charge in [-0.1, -0.05) is 12.8 Å². The molecule has 2 aliphatic rings. The molecule has 7 heteroatoms. The Labute approximate surface area is 122 Å². The lowest BCUT2D eigenvalue weighted by atomic mass is 9.95. The van der Waals surface area contributed by atoms with Gasteiger partial charge < -0.3 is 20.4 Å². The van der Waals surface area contributed by atoms with E-state index in [4.69, 9.17) is 5.11 Å². The molecule has 3 N–H and O–H groups in total. The number of nitrogens with one attached hydrogen (secondary N) is 1. The summed E-state index contributed by atoms with van der Waals surface area (Å²) in [5.74, 6) is -1.05. The molecule has 1 saturated heterocycles. The molecule has 6 nitrogen and oxygen atoms in total. The first-order valence-corrected chi connectivity index (χ1v) is 8.32. The molecule has 0 radical (unpaired) electrons. The number of urea groups is 1. The Kier molecular flexibility index (Phi) is 5.15. The van der Waals surface area contributed by atoms with Crippen LogP contribution in [0, 0.1) is 0 Å². The lowest BCUT2D eigenvalue weighted by molar-refractivity contribution is -0.141. The highest BCUT2D eigenvalue weighted by atomic mass is 32.2. The summed E-state index contributed by atoms with van der Waals surface area (Å²) in [6.07, 6.45) is 5.69. The Balaban J connectivity index is 1.98. The fraction of sp³-hybridized carbons (Fsp3) is 0.846. The number of aliphatic hydroxyl groups excluding tert-OH is 1. The molecule has 0 aromatic heterocycles. The smallest absolute Gasteiger partial charge is 0.326 e. The van der Waals surface area contributed by atoms with Crippen molar-refractivity contribution in [2.45, 2.75) is 55.5 Å². The summed E-state index contributed by atoms with van der Waals surface area (Å²) in [4.78, 5) is 24.7. The van der Waals surface area contributed by atoms with Crippen LogP contribution in [-0.2, 0) is 4.79 Å². The number of thioether (sulfide) groups is 1. The number of aliphatic carboxylic acids is 1. The molecule has 114 valence electrons. The Bertz CT molecular complexity index is 379. The van der Waals surface area contributed by atoms with Crippen LogP contribution in [0.5, 0.6) is 0 Å². The highest BCUT2D eigenvalue weighted by Gasteiger charge is 2.40. The molecule has 1 heterocycles. The van der Waals surface area contributed by atoms with Crippen LogP contribution < -0.4 is 5.32 Å². The normalized spacial score (nSPS) is 34.0. The van der Waals surface area contributed by atoms with E-state index in [9.17, 15) is 14.7 Å². The lowest BCUT2D eigenvalue weighted by Gasteiger charge is -2.33. The number of aliphatic hydroxyl groups is 1. The SMILES string of the molecule is CSC1CCCCC1NC(=O)N1CC(O)C[C@H]1C(=O)O. The maximum Gasteiger partial charge on any atom is 0.326 e. The highest BCUT2D eigenvalue weighted by molar-refractivity contribution is 7.99. The number of rotatable bonds is 3. The van der Waals surface area contributed by atoms with Crippen molar-refractivity contribution in [1.82, 2.24) is 10.2 Å². The number of carboxylic acids is 1. The van der Waals surface area contributed by atoms with Crippen LogP contribution in [0.4, 0.5) is 4.79 Å². The van der Waals surface area contributed by atoms with Crippen LogP contribution in [-0.4, -0.2) is 63.4 Å². The van der Waals surface area contributed by atoms with Crippen molar-refractivity contribution in [3.05, 3.63) is 0 Å². The van der Waals surface area contributed by atoms with Gasteiger partial charge in [-0.3, -0.25) is 0 Å². The van der Waals surface area contributed by atoms with Gasteiger partial charge in [0.1, 0.15) is 6.04 Å². The summed E-state index contributed by atoms with van der Waals surface area (Å²) >= 11 is 1.75. The second-order valence-corrected chi connectivity index (χ2v) is 6.59. The number of nitrogens with zero attached hydrogens (tertiary/aromatic N) is 1. The molecule has 2 rings (SSSR count). The zero-order chi connectivity index (χ0) is 14.7. The quantitative estimate of drug-likeness (QED) is 0.720. The van der Waals surface area contributed by atoms with E-state index in [1.807, 2.05) is 6.26 Å². The number of carbonyl (C=O) groups excluding carboxylic acids is 1. The Morgan fingerprint density at radius 3 is 2.65 bits per heavy atom. The zero-order valence-electron chi connectivity index (χ0n) is 11.6. The van der Waals surface area contributed by atoms with E-state index in [1.54, 1.807) is 11.8 Å². The molecule has 1 saturated carbocycles. The van der Waals surface area contributed by atoms with Crippen LogP contribution in [0.1, 0.15) is 32.1 Å². The monoisotopic (exact) mass is 302 g/mol. The molecule has 0 spiro atoms. The number of β-amino-alcohol motifs (C(OH)–C–C–N with tert-alkyl or cyclic N) is 1. The minimum Gasteiger partial charge on any atom is -0.480 e. The van der Waals surface area contributed by atoms with E-state index in [0.29, 0.717) is 5.25 Å². The lowest BCUT2D eigenvalue weighted by Crippen LogP contribution is -2.52. The first-order valence-electron chi connectivity index (χ1n) is 7.03. The predicted octanol–water partition coefficient (Wildman–Crippen LogP) is 0.890. The van der Waals surface area contributed by atoms with E-state index in [2.05, 4.69) is 5.32 Å². The minimum absolute atomic E-state index is 0.0958. The largest absolute Gasteiger partial charge is 0.480 e. The molecule has 3 unspecified atom stereocenters. The summed E-state index contributed by atoms with van der Waals surface area (Å²) in [7, 11) is 0. The summed E-state index contributed by atoms with van der Waals surface area (Å²) in [5.41, 5.74) is 0. The van der Waals surface area contributed by atoms with Crippen LogP contribution in [0.2, 0.25) is 0 Å². The van der Waals surface area contributed by atoms with Gasteiger partial charge in [-0.05, 0) is 19.1 Å². The Morgan fingerprint density at radius 1 is 1.30 bits per heavy atom. The van der Waals surface area contributed by atoms with E-state index in [1.165, 1.54) is 11.3 Å². The zero-order valence-corrected chi connectivity index (χ0v) is 12.4. The molecule has 0 bridgehead atoms. The standard InChI is InChI=1S/C13H22N2O4S/c1-20-11-5-3-2-4-9(11)14-13(19)15-7-8(16)6-10(15)12(17)18/h8-11,16H,2-7H2,1H3,(H,14,19)(H,17,18)/t8?,9?,10-,11?/m0/s1. The Hall–Kier alpha value is -0.950. The van der Waals surface area contributed by atoms with Crippen LogP contribution in [0.25, 0.3) is 0 Å². The molecule has 2 amide bonds. The van der Waals surface area contributed by atoms with Gasteiger partial charge in [0, 0.05) is 24.3 Å². The van der Waals surface area contributed by atoms with Crippen molar-refractivity contribution >= 4 is 23.8 Å². The molecule has 20 heavy (non-hydrogen) atoms. The average Bonchev–Trinajstić information content (AvgIpc) is 2.82. The van der Waals surface area contributed by atoms with E-state index in [0.717, 1.165) is 19.3 Å². The van der Waals surface area contributed by atoms with Crippen molar-refractivity contribution in [2.24, 2.45) is 0 Å². The third-order valence-electron chi connectivity index (χ3n) is 4.14. The number of carboxylic acid groups (broad SMARTS) is 1. The number of hydrogen-bond donors (Lipinski definition) is 3. The van der Waals surface area contributed by atoms with Gasteiger partial charge in [0.25, 0.3) is 0 Å². The van der Waals surface area contributed by atoms with Gasteiger partial charge in [0.15, 0.2) is 0 Å². The topological polar surface area (TPSA) is 89.9 Å². The summed E-state index contributed by atoms with van der Waals surface area (Å²) in [6.45, 7) is 0.0967. The van der Waals surface area contributed by atoms with Crippen molar-refractivity contribution < 1.29 is 19.8 Å². The number of hydrogen-bond acceptors (Lipinski definition) is 4. The van der Waals surface area contributed by atoms with Crippen LogP contribution in [0.3, 0.4) is 0 Å². The average molecular weight is 302 g/mol. The summed E-state index contributed by atoms with van der Waals surface area (Å²) < 4.78 is 0. The number of amides is 2. The van der Waals surface area contributed by atoms with Crippen LogP contribution in [0.15, 0.2) is 0 Å². The Morgan fingerprint density at radius 2 is 2.00 bits per heavy atom. The van der Waals surface area contributed by atoms with Gasteiger partial charge in [-0.15, -0.1) is 0 Å². The van der Waals surface area contributed by atoms with E-state index >= 15 is 0 Å². The molecule has 0 aromatic carbocycles. The fourth-order valence-corrected chi connectivity index (χ4v) is 3.99. The maximum atomic E-state index is 12.3. The maximum absolute atomic E-state index is 12.3. The van der Waals surface area contributed by atoms with Crippen molar-refractivity contribution in [1.29, 1.82) is 0 Å². The summed E-state index contributed by atoms with van der Waals surface area (Å²) in [5, 5.41) is 22.1. The molecule has 4 atom stereocenters. The molecule has 0 aromatic rings. The predicted molar refractivity (Wildman–Crippen MR) is 76.8 cm³/mol. The van der Waals surface area contributed by atoms with Gasteiger partial charge >= 0.3 is 12.0 Å². The molecular weight excluding hydrogens is 280 g/mol. The molecule has 1 aliphatic carbocycles. The van der Waals surface area contributed by atoms with Gasteiger partial charge in [-0.2, -0.15) is 11.8 Å². The molecular formula is C13H22N2O4S. The minimum atomic E-state index is -1.05. The summed E-state index contributed by atoms with van der Waals surface area (Å²) in [6, 6.07) is -1.18.